The minimum atomic E-state index is -4.00. The summed E-state index contributed by atoms with van der Waals surface area (Å²) in [6, 6.07) is 10.9. The van der Waals surface area contributed by atoms with Crippen LogP contribution in [0.2, 0.25) is 10.0 Å². The summed E-state index contributed by atoms with van der Waals surface area (Å²) in [6.45, 7) is 1.58. The van der Waals surface area contributed by atoms with Gasteiger partial charge in [0, 0.05) is 10.0 Å². The normalized spacial score (nSPS) is 11.1. The third-order valence-corrected chi connectivity index (χ3v) is 4.53. The second-order valence-corrected chi connectivity index (χ2v) is 7.42. The van der Waals surface area contributed by atoms with Gasteiger partial charge in [0.25, 0.3) is 15.9 Å². The summed E-state index contributed by atoms with van der Waals surface area (Å²) in [4.78, 5) is 13.5. The average molecular weight is 389 g/mol. The van der Waals surface area contributed by atoms with Crippen LogP contribution in [-0.4, -0.2) is 20.9 Å². The van der Waals surface area contributed by atoms with E-state index in [2.05, 4.69) is 5.43 Å². The van der Waals surface area contributed by atoms with Gasteiger partial charge in [-0.3, -0.25) is 10.2 Å². The molecule has 2 aromatic rings. The first-order chi connectivity index (χ1) is 11.3. The molecule has 0 aromatic heterocycles. The van der Waals surface area contributed by atoms with Crippen molar-refractivity contribution in [1.29, 1.82) is 0 Å². The molecule has 1 amide bonds. The Morgan fingerprint density at radius 2 is 1.67 bits per heavy atom. The van der Waals surface area contributed by atoms with Gasteiger partial charge in [-0.2, -0.15) is 0 Å². The number of ether oxygens (including phenoxy) is 1. The quantitative estimate of drug-likeness (QED) is 0.744. The molecule has 0 heterocycles. The molecule has 2 aromatic carbocycles. The average Bonchev–Trinajstić information content (AvgIpc) is 2.51. The molecule has 0 aliphatic heterocycles. The van der Waals surface area contributed by atoms with Crippen LogP contribution < -0.4 is 15.0 Å². The zero-order chi connectivity index (χ0) is 17.7. The molecule has 0 saturated heterocycles. The number of aryl methyl sites for hydroxylation is 1. The van der Waals surface area contributed by atoms with E-state index in [0.717, 1.165) is 5.56 Å². The third kappa shape index (κ3) is 5.38. The molecule has 0 aliphatic rings. The molecule has 0 aliphatic carbocycles. The van der Waals surface area contributed by atoms with Gasteiger partial charge < -0.3 is 4.74 Å². The van der Waals surface area contributed by atoms with E-state index in [0.29, 0.717) is 5.75 Å². The number of carbonyl (C=O) groups excluding carboxylic acids is 1. The van der Waals surface area contributed by atoms with Crippen molar-refractivity contribution in [3.05, 3.63) is 58.1 Å². The van der Waals surface area contributed by atoms with Gasteiger partial charge in [-0.25, -0.2) is 8.42 Å². The number of carbonyl (C=O) groups is 1. The molecule has 2 rings (SSSR count). The Morgan fingerprint density at radius 3 is 2.25 bits per heavy atom. The van der Waals surface area contributed by atoms with E-state index in [9.17, 15) is 13.2 Å². The second-order valence-electron chi connectivity index (χ2n) is 4.86. The molecular formula is C15H14Cl2N2O4S. The molecule has 0 saturated carbocycles. The number of nitrogens with one attached hydrogen (secondary N) is 2. The van der Waals surface area contributed by atoms with Crippen LogP contribution in [0.5, 0.6) is 5.75 Å². The number of hydrazine groups is 1. The molecule has 0 fully saturated rings. The minimum absolute atomic E-state index is 0.164. The summed E-state index contributed by atoms with van der Waals surface area (Å²) < 4.78 is 29.4. The first-order valence-corrected chi connectivity index (χ1v) is 8.96. The van der Waals surface area contributed by atoms with Crippen molar-refractivity contribution < 1.29 is 17.9 Å². The van der Waals surface area contributed by atoms with E-state index in [-0.39, 0.29) is 21.5 Å². The number of benzene rings is 2. The van der Waals surface area contributed by atoms with Gasteiger partial charge >= 0.3 is 0 Å². The smallest absolute Gasteiger partial charge is 0.272 e. The Labute approximate surface area is 149 Å². The maximum atomic E-state index is 12.1. The lowest BCUT2D eigenvalue weighted by atomic mass is 10.2. The van der Waals surface area contributed by atoms with E-state index in [4.69, 9.17) is 27.9 Å². The van der Waals surface area contributed by atoms with E-state index < -0.39 is 15.9 Å². The molecule has 128 valence electrons. The van der Waals surface area contributed by atoms with E-state index in [1.54, 1.807) is 12.1 Å². The number of amides is 1. The lowest BCUT2D eigenvalue weighted by Gasteiger charge is -2.10. The maximum absolute atomic E-state index is 12.1. The zero-order valence-electron chi connectivity index (χ0n) is 12.5. The summed E-state index contributed by atoms with van der Waals surface area (Å²) in [5, 5.41) is 0.328. The van der Waals surface area contributed by atoms with Gasteiger partial charge in [-0.1, -0.05) is 40.9 Å². The van der Waals surface area contributed by atoms with Crippen LogP contribution in [0.15, 0.2) is 47.4 Å². The highest BCUT2D eigenvalue weighted by molar-refractivity contribution is 7.89. The molecule has 0 unspecified atom stereocenters. The Morgan fingerprint density at radius 1 is 1.08 bits per heavy atom. The molecule has 24 heavy (non-hydrogen) atoms. The van der Waals surface area contributed by atoms with Crippen LogP contribution >= 0.6 is 23.2 Å². The van der Waals surface area contributed by atoms with Crippen LogP contribution in [0.3, 0.4) is 0 Å². The second kappa shape index (κ2) is 7.85. The van der Waals surface area contributed by atoms with E-state index >= 15 is 0 Å². The lowest BCUT2D eigenvalue weighted by Crippen LogP contribution is -2.43. The molecular weight excluding hydrogens is 375 g/mol. The largest absolute Gasteiger partial charge is 0.484 e. The highest BCUT2D eigenvalue weighted by atomic mass is 35.5. The van der Waals surface area contributed by atoms with Crippen molar-refractivity contribution in [2.24, 2.45) is 0 Å². The van der Waals surface area contributed by atoms with Gasteiger partial charge in [0.1, 0.15) is 5.75 Å². The Bertz CT molecular complexity index is 819. The molecule has 0 bridgehead atoms. The summed E-state index contributed by atoms with van der Waals surface area (Å²) in [6.07, 6.45) is 0. The van der Waals surface area contributed by atoms with Crippen LogP contribution in [0, 0.1) is 6.92 Å². The first kappa shape index (κ1) is 18.5. The van der Waals surface area contributed by atoms with E-state index in [1.807, 2.05) is 23.9 Å². The monoisotopic (exact) mass is 388 g/mol. The molecule has 0 atom stereocenters. The SMILES string of the molecule is Cc1ccc(OCC(=O)NNS(=O)(=O)c2cc(Cl)cc(Cl)c2)cc1. The Balaban J connectivity index is 1.91. The van der Waals surface area contributed by atoms with Crippen LogP contribution in [0.4, 0.5) is 0 Å². The molecule has 0 spiro atoms. The fourth-order valence-electron chi connectivity index (χ4n) is 1.69. The minimum Gasteiger partial charge on any atom is -0.484 e. The maximum Gasteiger partial charge on any atom is 0.272 e. The van der Waals surface area contributed by atoms with Gasteiger partial charge in [-0.05, 0) is 37.3 Å². The molecule has 9 heteroatoms. The lowest BCUT2D eigenvalue weighted by molar-refractivity contribution is -0.123. The van der Waals surface area contributed by atoms with Crippen molar-refractivity contribution in [1.82, 2.24) is 10.3 Å². The Kier molecular flexibility index (Phi) is 6.06. The Hall–Kier alpha value is -1.80. The number of halogens is 2. The summed E-state index contributed by atoms with van der Waals surface area (Å²) in [7, 11) is -4.00. The predicted octanol–water partition coefficient (Wildman–Crippen LogP) is 2.69. The first-order valence-electron chi connectivity index (χ1n) is 6.72. The van der Waals surface area contributed by atoms with Gasteiger partial charge in [0.05, 0.1) is 4.90 Å². The molecule has 0 radical (unpaired) electrons. The van der Waals surface area contributed by atoms with Crippen molar-refractivity contribution in [2.45, 2.75) is 11.8 Å². The van der Waals surface area contributed by atoms with Crippen molar-refractivity contribution in [3.8, 4) is 5.75 Å². The van der Waals surface area contributed by atoms with Crippen molar-refractivity contribution >= 4 is 39.1 Å². The number of sulfonamides is 1. The fourth-order valence-corrected chi connectivity index (χ4v) is 3.27. The molecule has 2 N–H and O–H groups in total. The summed E-state index contributed by atoms with van der Waals surface area (Å²) >= 11 is 11.5. The highest BCUT2D eigenvalue weighted by Crippen LogP contribution is 2.21. The predicted molar refractivity (Wildman–Crippen MR) is 91.6 cm³/mol. The van der Waals surface area contributed by atoms with Gasteiger partial charge in [0.15, 0.2) is 6.61 Å². The highest BCUT2D eigenvalue weighted by Gasteiger charge is 2.16. The number of hydrogen-bond acceptors (Lipinski definition) is 4. The van der Waals surface area contributed by atoms with Gasteiger partial charge in [0.2, 0.25) is 0 Å². The summed E-state index contributed by atoms with van der Waals surface area (Å²) in [5.74, 6) is -0.160. The standard InChI is InChI=1S/C15H14Cl2N2O4S/c1-10-2-4-13(5-3-10)23-9-15(20)18-19-24(21,22)14-7-11(16)6-12(17)8-14/h2-8,19H,9H2,1H3,(H,18,20). The van der Waals surface area contributed by atoms with Crippen molar-refractivity contribution in [2.75, 3.05) is 6.61 Å². The fraction of sp³-hybridized carbons (Fsp3) is 0.133. The third-order valence-electron chi connectivity index (χ3n) is 2.86. The number of hydrogen-bond donors (Lipinski definition) is 2. The number of rotatable bonds is 6. The van der Waals surface area contributed by atoms with Crippen LogP contribution in [0.1, 0.15) is 5.56 Å². The van der Waals surface area contributed by atoms with Crippen molar-refractivity contribution in [3.63, 3.8) is 0 Å². The van der Waals surface area contributed by atoms with Gasteiger partial charge in [-0.15, -0.1) is 4.83 Å². The van der Waals surface area contributed by atoms with Crippen LogP contribution in [-0.2, 0) is 14.8 Å². The van der Waals surface area contributed by atoms with Crippen LogP contribution in [0.25, 0.3) is 0 Å². The zero-order valence-corrected chi connectivity index (χ0v) is 14.9. The summed E-state index contributed by atoms with van der Waals surface area (Å²) in [5.41, 5.74) is 3.11. The molecule has 6 nitrogen and oxygen atoms in total. The van der Waals surface area contributed by atoms with E-state index in [1.165, 1.54) is 18.2 Å². The topological polar surface area (TPSA) is 84.5 Å².